The second-order valence-corrected chi connectivity index (χ2v) is 11.2. The minimum absolute atomic E-state index is 0.939. The smallest absolute Gasteiger partial charge is 0.00152 e. The van der Waals surface area contributed by atoms with E-state index in [9.17, 15) is 0 Å². The third-order valence-electron chi connectivity index (χ3n) is 8.85. The van der Waals surface area contributed by atoms with E-state index in [0.29, 0.717) is 0 Å². The summed E-state index contributed by atoms with van der Waals surface area (Å²) < 4.78 is 0. The van der Waals surface area contributed by atoms with Gasteiger partial charge in [0.2, 0.25) is 0 Å². The highest BCUT2D eigenvalue weighted by Crippen LogP contribution is 2.56. The zero-order valence-electron chi connectivity index (χ0n) is 19.8. The topological polar surface area (TPSA) is 48.1 Å². The fourth-order valence-corrected chi connectivity index (χ4v) is 7.20. The highest BCUT2D eigenvalue weighted by Gasteiger charge is 2.47. The van der Waals surface area contributed by atoms with Gasteiger partial charge in [-0.1, -0.05) is 6.92 Å². The normalized spacial score (nSPS) is 36.5. The first kappa shape index (κ1) is 23.0. The highest BCUT2D eigenvalue weighted by molar-refractivity contribution is 4.98. The van der Waals surface area contributed by atoms with Gasteiger partial charge in [0.15, 0.2) is 0 Å². The number of rotatable bonds is 17. The Kier molecular flexibility index (Phi) is 9.34. The van der Waals surface area contributed by atoms with Crippen molar-refractivity contribution in [2.45, 2.75) is 71.1 Å². The Balaban J connectivity index is 0.916. The quantitative estimate of drug-likeness (QED) is 0.272. The van der Waals surface area contributed by atoms with Crippen LogP contribution in [0.1, 0.15) is 71.1 Å². The molecule has 5 aliphatic rings. The van der Waals surface area contributed by atoms with Crippen molar-refractivity contribution in [3.05, 3.63) is 0 Å². The molecule has 30 heavy (non-hydrogen) atoms. The van der Waals surface area contributed by atoms with Gasteiger partial charge in [0.05, 0.1) is 0 Å². The molecule has 4 nitrogen and oxygen atoms in total. The van der Waals surface area contributed by atoms with E-state index in [1.807, 2.05) is 0 Å². The summed E-state index contributed by atoms with van der Waals surface area (Å²) in [6.07, 6.45) is 14.6. The lowest BCUT2D eigenvalue weighted by Crippen LogP contribution is -2.48. The average Bonchev–Trinajstić information content (AvgIpc) is 3.48. The Bertz CT molecular complexity index is 454. The lowest BCUT2D eigenvalue weighted by Gasteiger charge is -2.54. The van der Waals surface area contributed by atoms with Crippen molar-refractivity contribution in [3.8, 4) is 0 Å². The second-order valence-electron chi connectivity index (χ2n) is 11.2. The number of nitrogens with one attached hydrogen (secondary N) is 4. The molecular weight excluding hydrogens is 368 g/mol. The molecule has 4 bridgehead atoms. The predicted octanol–water partition coefficient (Wildman–Crippen LogP) is 3.63. The molecule has 5 aliphatic carbocycles. The Labute approximate surface area is 186 Å². The van der Waals surface area contributed by atoms with Gasteiger partial charge >= 0.3 is 0 Å². The van der Waals surface area contributed by atoms with Crippen molar-refractivity contribution in [1.82, 2.24) is 21.3 Å². The van der Waals surface area contributed by atoms with Crippen LogP contribution in [0.3, 0.4) is 0 Å². The van der Waals surface area contributed by atoms with Gasteiger partial charge in [0.25, 0.3) is 0 Å². The van der Waals surface area contributed by atoms with E-state index in [1.54, 1.807) is 32.1 Å². The number of hydrogen-bond acceptors (Lipinski definition) is 4. The average molecular weight is 419 g/mol. The molecule has 2 unspecified atom stereocenters. The SMILES string of the molecule is CCNCCCCNCC1CC1CNCCCCNCC1C2CC3CC(C2)CC1C3. The first-order chi connectivity index (χ1) is 14.8. The van der Waals surface area contributed by atoms with Gasteiger partial charge in [0.1, 0.15) is 0 Å². The molecule has 5 rings (SSSR count). The van der Waals surface area contributed by atoms with Crippen LogP contribution in [-0.2, 0) is 0 Å². The van der Waals surface area contributed by atoms with E-state index in [4.69, 9.17) is 0 Å². The molecule has 4 N–H and O–H groups in total. The Morgan fingerprint density at radius 2 is 1.00 bits per heavy atom. The largest absolute Gasteiger partial charge is 0.317 e. The minimum atomic E-state index is 0.939. The van der Waals surface area contributed by atoms with Crippen LogP contribution in [0.25, 0.3) is 0 Å². The van der Waals surface area contributed by atoms with Crippen molar-refractivity contribution in [2.75, 3.05) is 52.4 Å². The first-order valence-corrected chi connectivity index (χ1v) is 13.7. The molecule has 174 valence electrons. The van der Waals surface area contributed by atoms with Gasteiger partial charge in [-0.3, -0.25) is 0 Å². The van der Waals surface area contributed by atoms with Gasteiger partial charge in [-0.05, 0) is 158 Å². The molecule has 0 amide bonds. The van der Waals surface area contributed by atoms with Crippen molar-refractivity contribution in [1.29, 1.82) is 0 Å². The van der Waals surface area contributed by atoms with Crippen LogP contribution >= 0.6 is 0 Å². The van der Waals surface area contributed by atoms with E-state index in [1.165, 1.54) is 77.9 Å². The first-order valence-electron chi connectivity index (χ1n) is 13.7. The maximum Gasteiger partial charge on any atom is -0.00152 e. The lowest BCUT2D eigenvalue weighted by atomic mass is 9.52. The maximum absolute atomic E-state index is 3.84. The van der Waals surface area contributed by atoms with Crippen LogP contribution in [0.4, 0.5) is 0 Å². The fourth-order valence-electron chi connectivity index (χ4n) is 7.20. The lowest BCUT2D eigenvalue weighted by molar-refractivity contribution is -0.0353. The third kappa shape index (κ3) is 6.92. The molecular formula is C26H50N4. The van der Waals surface area contributed by atoms with Gasteiger partial charge in [-0.15, -0.1) is 0 Å². The second kappa shape index (κ2) is 12.2. The summed E-state index contributed by atoms with van der Waals surface area (Å²) in [5, 5.41) is 14.6. The summed E-state index contributed by atoms with van der Waals surface area (Å²) in [5.41, 5.74) is 0. The monoisotopic (exact) mass is 418 g/mol. The highest BCUT2D eigenvalue weighted by atomic mass is 14.9. The summed E-state index contributed by atoms with van der Waals surface area (Å²) in [6, 6.07) is 0. The Morgan fingerprint density at radius 3 is 1.50 bits per heavy atom. The minimum Gasteiger partial charge on any atom is -0.317 e. The van der Waals surface area contributed by atoms with Crippen LogP contribution in [0, 0.1) is 41.4 Å². The number of unbranched alkanes of at least 4 members (excludes halogenated alkanes) is 2. The summed E-state index contributed by atoms with van der Waals surface area (Å²) in [6.45, 7) is 11.9. The van der Waals surface area contributed by atoms with Crippen LogP contribution in [-0.4, -0.2) is 52.4 Å². The van der Waals surface area contributed by atoms with Crippen molar-refractivity contribution < 1.29 is 0 Å². The number of hydrogen-bond donors (Lipinski definition) is 4. The maximum atomic E-state index is 3.84. The van der Waals surface area contributed by atoms with Crippen LogP contribution in [0.5, 0.6) is 0 Å². The summed E-state index contributed by atoms with van der Waals surface area (Å²) in [5.74, 6) is 7.28. The van der Waals surface area contributed by atoms with Crippen LogP contribution in [0.2, 0.25) is 0 Å². The zero-order chi connectivity index (χ0) is 20.6. The van der Waals surface area contributed by atoms with Crippen LogP contribution < -0.4 is 21.3 Å². The van der Waals surface area contributed by atoms with Gasteiger partial charge in [-0.2, -0.15) is 0 Å². The molecule has 2 atom stereocenters. The molecule has 0 aromatic carbocycles. The third-order valence-corrected chi connectivity index (χ3v) is 8.85. The Hall–Kier alpha value is -0.160. The van der Waals surface area contributed by atoms with E-state index in [0.717, 1.165) is 48.0 Å². The molecule has 0 aromatic rings. The van der Waals surface area contributed by atoms with Crippen molar-refractivity contribution in [3.63, 3.8) is 0 Å². The zero-order valence-corrected chi connectivity index (χ0v) is 19.8. The fraction of sp³-hybridized carbons (Fsp3) is 1.00. The van der Waals surface area contributed by atoms with Crippen molar-refractivity contribution in [2.24, 2.45) is 41.4 Å². The molecule has 0 aliphatic heterocycles. The molecule has 0 saturated heterocycles. The molecule has 0 aromatic heterocycles. The van der Waals surface area contributed by atoms with E-state index < -0.39 is 0 Å². The summed E-state index contributed by atoms with van der Waals surface area (Å²) >= 11 is 0. The molecule has 0 radical (unpaired) electrons. The predicted molar refractivity (Wildman–Crippen MR) is 128 cm³/mol. The van der Waals surface area contributed by atoms with Gasteiger partial charge in [-0.25, -0.2) is 0 Å². The van der Waals surface area contributed by atoms with Crippen molar-refractivity contribution >= 4 is 0 Å². The van der Waals surface area contributed by atoms with E-state index in [2.05, 4.69) is 28.2 Å². The van der Waals surface area contributed by atoms with Gasteiger partial charge in [0, 0.05) is 0 Å². The molecule has 0 heterocycles. The Morgan fingerprint density at radius 1 is 0.533 bits per heavy atom. The molecule has 4 heteroatoms. The van der Waals surface area contributed by atoms with Gasteiger partial charge < -0.3 is 21.3 Å². The summed E-state index contributed by atoms with van der Waals surface area (Å²) in [7, 11) is 0. The molecule has 5 fully saturated rings. The van der Waals surface area contributed by atoms with E-state index >= 15 is 0 Å². The van der Waals surface area contributed by atoms with E-state index in [-0.39, 0.29) is 0 Å². The summed E-state index contributed by atoms with van der Waals surface area (Å²) in [4.78, 5) is 0. The molecule has 5 saturated carbocycles. The standard InChI is InChI=1S/C26H50N4/c1-2-27-7-3-4-8-28-17-24-16-25(24)18-29-9-5-6-10-30-19-26-22-12-20-11-21(14-22)15-23(26)13-20/h20-30H,2-19H2,1H3. The molecule has 0 spiro atoms. The van der Waals surface area contributed by atoms with Crippen LogP contribution in [0.15, 0.2) is 0 Å².